The summed E-state index contributed by atoms with van der Waals surface area (Å²) in [5.74, 6) is 1.13. The number of thioether (sulfide) groups is 1. The summed E-state index contributed by atoms with van der Waals surface area (Å²) in [5.41, 5.74) is 0. The highest BCUT2D eigenvalue weighted by Gasteiger charge is 2.23. The molecule has 2 amide bonds. The van der Waals surface area contributed by atoms with Gasteiger partial charge in [-0.1, -0.05) is 50.3 Å². The topological polar surface area (TPSA) is 67.4 Å². The molecule has 0 radical (unpaired) electrons. The lowest BCUT2D eigenvalue weighted by molar-refractivity contribution is -0.130. The van der Waals surface area contributed by atoms with Gasteiger partial charge in [0.15, 0.2) is 6.61 Å². The highest BCUT2D eigenvalue weighted by atomic mass is 32.2. The molecule has 1 aromatic rings. The Morgan fingerprint density at radius 1 is 1.11 bits per heavy atom. The number of ether oxygens (including phenoxy) is 1. The molecule has 1 atom stereocenters. The molecule has 0 aromatic heterocycles. The maximum atomic E-state index is 12.7. The van der Waals surface area contributed by atoms with Crippen LogP contribution in [0.3, 0.4) is 0 Å². The van der Waals surface area contributed by atoms with Gasteiger partial charge in [0, 0.05) is 6.04 Å². The van der Waals surface area contributed by atoms with Crippen molar-refractivity contribution in [1.82, 2.24) is 10.6 Å². The summed E-state index contributed by atoms with van der Waals surface area (Å²) in [5, 5.41) is 6.02. The van der Waals surface area contributed by atoms with Crippen LogP contribution < -0.4 is 15.4 Å². The van der Waals surface area contributed by atoms with E-state index in [1.807, 2.05) is 24.5 Å². The second kappa shape index (κ2) is 12.7. The molecule has 1 fully saturated rings. The SMILES string of the molecule is CSCCC(NC(=O)COc1ccccc1)C(=O)NC1CCCCCCC1. The van der Waals surface area contributed by atoms with Crippen LogP contribution in [0.4, 0.5) is 0 Å². The van der Waals surface area contributed by atoms with Crippen LogP contribution in [0.15, 0.2) is 30.3 Å². The normalized spacial score (nSPS) is 16.6. The van der Waals surface area contributed by atoms with Crippen molar-refractivity contribution in [2.24, 2.45) is 0 Å². The number of benzene rings is 1. The molecule has 0 saturated heterocycles. The fourth-order valence-electron chi connectivity index (χ4n) is 3.31. The van der Waals surface area contributed by atoms with Crippen molar-refractivity contribution in [2.75, 3.05) is 18.6 Å². The molecule has 1 saturated carbocycles. The molecule has 1 aliphatic rings. The molecule has 2 N–H and O–H groups in total. The molecular formula is C21H32N2O3S. The number of hydrogen-bond acceptors (Lipinski definition) is 4. The van der Waals surface area contributed by atoms with Gasteiger partial charge in [0.25, 0.3) is 5.91 Å². The van der Waals surface area contributed by atoms with Crippen LogP contribution in [0.5, 0.6) is 5.75 Å². The molecule has 1 aliphatic carbocycles. The molecule has 0 bridgehead atoms. The van der Waals surface area contributed by atoms with E-state index < -0.39 is 6.04 Å². The molecule has 2 rings (SSSR count). The van der Waals surface area contributed by atoms with Gasteiger partial charge in [-0.05, 0) is 43.4 Å². The van der Waals surface area contributed by atoms with E-state index in [0.717, 1.165) is 31.4 Å². The van der Waals surface area contributed by atoms with Crippen LogP contribution in [0, 0.1) is 0 Å². The molecule has 6 heteroatoms. The van der Waals surface area contributed by atoms with Crippen molar-refractivity contribution < 1.29 is 14.3 Å². The Bertz CT molecular complexity index is 560. The fourth-order valence-corrected chi connectivity index (χ4v) is 3.78. The summed E-state index contributed by atoms with van der Waals surface area (Å²) in [6.07, 6.45) is 10.8. The van der Waals surface area contributed by atoms with Gasteiger partial charge in [-0.3, -0.25) is 9.59 Å². The van der Waals surface area contributed by atoms with Crippen LogP contribution in [0.2, 0.25) is 0 Å². The quantitative estimate of drug-likeness (QED) is 0.675. The van der Waals surface area contributed by atoms with Gasteiger partial charge >= 0.3 is 0 Å². The third-order valence-corrected chi connectivity index (χ3v) is 5.47. The molecule has 0 aliphatic heterocycles. The van der Waals surface area contributed by atoms with Crippen molar-refractivity contribution in [1.29, 1.82) is 0 Å². The minimum atomic E-state index is -0.505. The lowest BCUT2D eigenvalue weighted by Gasteiger charge is -2.25. The molecule has 0 spiro atoms. The lowest BCUT2D eigenvalue weighted by Crippen LogP contribution is -2.51. The van der Waals surface area contributed by atoms with Crippen molar-refractivity contribution in [2.45, 2.75) is 63.5 Å². The maximum absolute atomic E-state index is 12.7. The van der Waals surface area contributed by atoms with E-state index in [1.54, 1.807) is 23.9 Å². The van der Waals surface area contributed by atoms with E-state index >= 15 is 0 Å². The van der Waals surface area contributed by atoms with Gasteiger partial charge in [-0.25, -0.2) is 0 Å². The predicted octanol–water partition coefficient (Wildman–Crippen LogP) is 3.53. The van der Waals surface area contributed by atoms with Crippen LogP contribution in [-0.4, -0.2) is 42.5 Å². The summed E-state index contributed by atoms with van der Waals surface area (Å²) in [6, 6.07) is 8.94. The number of hydrogen-bond donors (Lipinski definition) is 2. The number of carbonyl (C=O) groups is 2. The van der Waals surface area contributed by atoms with E-state index in [9.17, 15) is 9.59 Å². The lowest BCUT2D eigenvalue weighted by atomic mass is 9.96. The Morgan fingerprint density at radius 3 is 2.44 bits per heavy atom. The molecule has 0 heterocycles. The second-order valence-electron chi connectivity index (χ2n) is 7.05. The summed E-state index contributed by atoms with van der Waals surface area (Å²) >= 11 is 1.67. The predicted molar refractivity (Wildman–Crippen MR) is 111 cm³/mol. The number of carbonyl (C=O) groups excluding carboxylic acids is 2. The van der Waals surface area contributed by atoms with Crippen molar-refractivity contribution in [3.05, 3.63) is 30.3 Å². The van der Waals surface area contributed by atoms with Crippen molar-refractivity contribution in [3.8, 4) is 5.75 Å². The first-order valence-corrected chi connectivity index (χ1v) is 11.3. The Kier molecular flexibility index (Phi) is 10.1. The third-order valence-electron chi connectivity index (χ3n) is 4.83. The molecule has 27 heavy (non-hydrogen) atoms. The van der Waals surface area contributed by atoms with E-state index in [2.05, 4.69) is 10.6 Å². The maximum Gasteiger partial charge on any atom is 0.258 e. The highest BCUT2D eigenvalue weighted by molar-refractivity contribution is 7.98. The van der Waals surface area contributed by atoms with Gasteiger partial charge in [-0.2, -0.15) is 11.8 Å². The average molecular weight is 393 g/mol. The summed E-state index contributed by atoms with van der Waals surface area (Å²) in [6.45, 7) is -0.0868. The van der Waals surface area contributed by atoms with Crippen LogP contribution >= 0.6 is 11.8 Å². The fraction of sp³-hybridized carbons (Fsp3) is 0.619. The molecule has 1 aromatic carbocycles. The standard InChI is InChI=1S/C21H32N2O3S/c1-27-15-14-19(21(25)22-17-10-6-3-2-4-7-11-17)23-20(24)16-26-18-12-8-5-9-13-18/h5,8-9,12-13,17,19H,2-4,6-7,10-11,14-16H2,1H3,(H,22,25)(H,23,24). The zero-order valence-corrected chi connectivity index (χ0v) is 17.1. The number of nitrogens with one attached hydrogen (secondary N) is 2. The minimum absolute atomic E-state index is 0.0670. The first-order valence-electron chi connectivity index (χ1n) is 9.95. The monoisotopic (exact) mass is 392 g/mol. The van der Waals surface area contributed by atoms with Gasteiger partial charge in [0.1, 0.15) is 11.8 Å². The zero-order chi connectivity index (χ0) is 19.3. The van der Waals surface area contributed by atoms with Gasteiger partial charge in [0.2, 0.25) is 5.91 Å². The van der Waals surface area contributed by atoms with Gasteiger partial charge in [0.05, 0.1) is 0 Å². The Morgan fingerprint density at radius 2 is 1.78 bits per heavy atom. The van der Waals surface area contributed by atoms with Gasteiger partial charge in [-0.15, -0.1) is 0 Å². The number of para-hydroxylation sites is 1. The average Bonchev–Trinajstić information content (AvgIpc) is 2.66. The van der Waals surface area contributed by atoms with E-state index in [-0.39, 0.29) is 24.5 Å². The van der Waals surface area contributed by atoms with Crippen LogP contribution in [0.1, 0.15) is 51.4 Å². The van der Waals surface area contributed by atoms with E-state index in [1.165, 1.54) is 19.3 Å². The summed E-state index contributed by atoms with van der Waals surface area (Å²) in [4.78, 5) is 25.0. The number of amides is 2. The van der Waals surface area contributed by atoms with E-state index in [0.29, 0.717) is 12.2 Å². The molecular weight excluding hydrogens is 360 g/mol. The highest BCUT2D eigenvalue weighted by Crippen LogP contribution is 2.17. The Labute approximate surface area is 167 Å². The van der Waals surface area contributed by atoms with Crippen LogP contribution in [-0.2, 0) is 9.59 Å². The van der Waals surface area contributed by atoms with Crippen LogP contribution in [0.25, 0.3) is 0 Å². The largest absolute Gasteiger partial charge is 0.484 e. The van der Waals surface area contributed by atoms with Crippen molar-refractivity contribution >= 4 is 23.6 Å². The molecule has 5 nitrogen and oxygen atoms in total. The molecule has 1 unspecified atom stereocenters. The number of rotatable bonds is 9. The Balaban J connectivity index is 1.84. The smallest absolute Gasteiger partial charge is 0.258 e. The van der Waals surface area contributed by atoms with E-state index in [4.69, 9.17) is 4.74 Å². The summed E-state index contributed by atoms with van der Waals surface area (Å²) < 4.78 is 5.48. The van der Waals surface area contributed by atoms with Crippen molar-refractivity contribution in [3.63, 3.8) is 0 Å². The zero-order valence-electron chi connectivity index (χ0n) is 16.2. The molecule has 150 valence electrons. The first-order chi connectivity index (χ1) is 13.2. The minimum Gasteiger partial charge on any atom is -0.484 e. The summed E-state index contributed by atoms with van der Waals surface area (Å²) in [7, 11) is 0. The first kappa shape index (κ1) is 21.6. The second-order valence-corrected chi connectivity index (χ2v) is 8.04. The third kappa shape index (κ3) is 8.69. The van der Waals surface area contributed by atoms with Gasteiger partial charge < -0.3 is 15.4 Å². The Hall–Kier alpha value is -1.69.